The summed E-state index contributed by atoms with van der Waals surface area (Å²) in [4.78, 5) is 8.90. The summed E-state index contributed by atoms with van der Waals surface area (Å²) in [5.74, 6) is 0.0653. The molecule has 0 spiro atoms. The number of nitrogens with zero attached hydrogens (tertiary/aromatic N) is 2. The fraction of sp³-hybridized carbons (Fsp3) is 0.0476. The Morgan fingerprint density at radius 2 is 1.31 bits per heavy atom. The van der Waals surface area contributed by atoms with E-state index in [0.29, 0.717) is 11.2 Å². The van der Waals surface area contributed by atoms with Gasteiger partial charge < -0.3 is 0 Å². The molecule has 0 radical (unpaired) electrons. The van der Waals surface area contributed by atoms with Crippen LogP contribution in [0.4, 0.5) is 13.2 Å². The van der Waals surface area contributed by atoms with E-state index in [1.807, 2.05) is 48.5 Å². The summed E-state index contributed by atoms with van der Waals surface area (Å²) in [5, 5.41) is 0.798. The van der Waals surface area contributed by atoms with Gasteiger partial charge in [0.25, 0.3) is 0 Å². The first kappa shape index (κ1) is 16.3. The van der Waals surface area contributed by atoms with E-state index >= 15 is 0 Å². The first-order valence-corrected chi connectivity index (χ1v) is 8.03. The monoisotopic (exact) mass is 350 g/mol. The lowest BCUT2D eigenvalue weighted by Gasteiger charge is -2.14. The zero-order valence-corrected chi connectivity index (χ0v) is 13.5. The fourth-order valence-electron chi connectivity index (χ4n) is 2.94. The van der Waals surface area contributed by atoms with E-state index < -0.39 is 11.7 Å². The highest BCUT2D eigenvalue weighted by Crippen LogP contribution is 2.37. The predicted molar refractivity (Wildman–Crippen MR) is 95.4 cm³/mol. The summed E-state index contributed by atoms with van der Waals surface area (Å²) in [6.45, 7) is 0. The standard InChI is InChI=1S/C21H13F3N2/c22-21(23,24)17-12-6-4-10-15(17)20-25-18-13-7-5-11-16(18)19(26-20)14-8-2-1-3-9-14/h1-13H. The van der Waals surface area contributed by atoms with Crippen LogP contribution in [0.5, 0.6) is 0 Å². The van der Waals surface area contributed by atoms with Crippen LogP contribution in [0.2, 0.25) is 0 Å². The molecule has 26 heavy (non-hydrogen) atoms. The van der Waals surface area contributed by atoms with Crippen LogP contribution in [-0.4, -0.2) is 9.97 Å². The highest BCUT2D eigenvalue weighted by Gasteiger charge is 2.34. The highest BCUT2D eigenvalue weighted by atomic mass is 19.4. The van der Waals surface area contributed by atoms with Gasteiger partial charge in [-0.1, -0.05) is 66.7 Å². The minimum absolute atomic E-state index is 0.0251. The number of fused-ring (bicyclic) bond motifs is 1. The molecule has 0 N–H and O–H groups in total. The molecule has 0 saturated heterocycles. The number of halogens is 3. The van der Waals surface area contributed by atoms with E-state index in [2.05, 4.69) is 9.97 Å². The molecule has 2 nitrogen and oxygen atoms in total. The summed E-state index contributed by atoms with van der Waals surface area (Å²) in [5.41, 5.74) is 1.28. The Balaban J connectivity index is 2.02. The quantitative estimate of drug-likeness (QED) is 0.444. The van der Waals surface area contributed by atoms with Crippen LogP contribution in [-0.2, 0) is 6.18 Å². The molecule has 3 aromatic carbocycles. The number of aromatic nitrogens is 2. The smallest absolute Gasteiger partial charge is 0.228 e. The van der Waals surface area contributed by atoms with E-state index in [4.69, 9.17) is 0 Å². The molecule has 1 heterocycles. The normalized spacial score (nSPS) is 11.7. The van der Waals surface area contributed by atoms with Gasteiger partial charge in [0, 0.05) is 16.5 Å². The van der Waals surface area contributed by atoms with Crippen LogP contribution in [0.15, 0.2) is 78.9 Å². The average Bonchev–Trinajstić information content (AvgIpc) is 2.67. The SMILES string of the molecule is FC(F)(F)c1ccccc1-c1nc(-c2ccccc2)c2ccccc2n1. The maximum Gasteiger partial charge on any atom is 0.417 e. The molecule has 0 atom stereocenters. The minimum Gasteiger partial charge on any atom is -0.228 e. The van der Waals surface area contributed by atoms with Crippen molar-refractivity contribution in [2.24, 2.45) is 0 Å². The Morgan fingerprint density at radius 3 is 2.08 bits per heavy atom. The Hall–Kier alpha value is -3.21. The topological polar surface area (TPSA) is 25.8 Å². The number of alkyl halides is 3. The summed E-state index contributed by atoms with van der Waals surface area (Å²) in [7, 11) is 0. The van der Waals surface area contributed by atoms with Crippen LogP contribution in [0.1, 0.15) is 5.56 Å². The second-order valence-electron chi connectivity index (χ2n) is 5.82. The first-order valence-electron chi connectivity index (χ1n) is 8.03. The third-order valence-corrected chi connectivity index (χ3v) is 4.12. The van der Waals surface area contributed by atoms with Crippen LogP contribution >= 0.6 is 0 Å². The van der Waals surface area contributed by atoms with Crippen molar-refractivity contribution in [2.75, 3.05) is 0 Å². The number of rotatable bonds is 2. The maximum atomic E-state index is 13.4. The molecular weight excluding hydrogens is 337 g/mol. The molecule has 0 aliphatic carbocycles. The van der Waals surface area contributed by atoms with Gasteiger partial charge in [-0.3, -0.25) is 0 Å². The lowest BCUT2D eigenvalue weighted by atomic mass is 10.0. The molecule has 0 aliphatic rings. The van der Waals surface area contributed by atoms with Crippen molar-refractivity contribution < 1.29 is 13.2 Å². The molecule has 0 fully saturated rings. The summed E-state index contributed by atoms with van der Waals surface area (Å²) in [6, 6.07) is 22.1. The van der Waals surface area contributed by atoms with Crippen molar-refractivity contribution in [3.05, 3.63) is 84.4 Å². The van der Waals surface area contributed by atoms with Gasteiger partial charge in [-0.2, -0.15) is 13.2 Å². The van der Waals surface area contributed by atoms with E-state index in [0.717, 1.165) is 17.0 Å². The Morgan fingerprint density at radius 1 is 0.654 bits per heavy atom. The first-order chi connectivity index (χ1) is 12.5. The molecule has 0 aliphatic heterocycles. The van der Waals surface area contributed by atoms with E-state index in [1.165, 1.54) is 12.1 Å². The molecule has 0 saturated carbocycles. The van der Waals surface area contributed by atoms with Gasteiger partial charge in [-0.15, -0.1) is 0 Å². The molecule has 0 bridgehead atoms. The van der Waals surface area contributed by atoms with Crippen molar-refractivity contribution in [1.29, 1.82) is 0 Å². The van der Waals surface area contributed by atoms with Gasteiger partial charge in [-0.05, 0) is 12.1 Å². The van der Waals surface area contributed by atoms with Gasteiger partial charge in [0.05, 0.1) is 16.8 Å². The van der Waals surface area contributed by atoms with Crippen LogP contribution in [0.3, 0.4) is 0 Å². The van der Waals surface area contributed by atoms with Gasteiger partial charge in [0.15, 0.2) is 5.82 Å². The lowest BCUT2D eigenvalue weighted by Crippen LogP contribution is -2.08. The van der Waals surface area contributed by atoms with Crippen molar-refractivity contribution >= 4 is 10.9 Å². The molecule has 0 amide bonds. The van der Waals surface area contributed by atoms with Crippen molar-refractivity contribution in [1.82, 2.24) is 9.97 Å². The average molecular weight is 350 g/mol. The third kappa shape index (κ3) is 2.92. The second kappa shape index (κ2) is 6.26. The zero-order valence-electron chi connectivity index (χ0n) is 13.5. The van der Waals surface area contributed by atoms with Crippen molar-refractivity contribution in [3.8, 4) is 22.6 Å². The Kier molecular flexibility index (Phi) is 3.92. The number of hydrogen-bond donors (Lipinski definition) is 0. The second-order valence-corrected chi connectivity index (χ2v) is 5.82. The van der Waals surface area contributed by atoms with Crippen molar-refractivity contribution in [2.45, 2.75) is 6.18 Å². The van der Waals surface area contributed by atoms with E-state index in [-0.39, 0.29) is 11.4 Å². The zero-order chi connectivity index (χ0) is 18.1. The molecule has 128 valence electrons. The number of hydrogen-bond acceptors (Lipinski definition) is 2. The highest BCUT2D eigenvalue weighted by molar-refractivity contribution is 5.93. The largest absolute Gasteiger partial charge is 0.417 e. The molecule has 5 heteroatoms. The summed E-state index contributed by atoms with van der Waals surface area (Å²) in [6.07, 6.45) is -4.47. The van der Waals surface area contributed by atoms with Gasteiger partial charge >= 0.3 is 6.18 Å². The van der Waals surface area contributed by atoms with Crippen LogP contribution < -0.4 is 0 Å². The number of para-hydroxylation sites is 1. The van der Waals surface area contributed by atoms with Crippen LogP contribution in [0.25, 0.3) is 33.5 Å². The van der Waals surface area contributed by atoms with Crippen LogP contribution in [0, 0.1) is 0 Å². The molecule has 4 aromatic rings. The molecule has 0 unspecified atom stereocenters. The number of benzene rings is 3. The summed E-state index contributed by atoms with van der Waals surface area (Å²) >= 11 is 0. The predicted octanol–water partition coefficient (Wildman–Crippen LogP) is 5.98. The Labute approximate surface area is 148 Å². The molecular formula is C21H13F3N2. The van der Waals surface area contributed by atoms with Gasteiger partial charge in [0.2, 0.25) is 0 Å². The Bertz CT molecular complexity index is 1070. The summed E-state index contributed by atoms with van der Waals surface area (Å²) < 4.78 is 40.2. The minimum atomic E-state index is -4.47. The molecule has 1 aromatic heterocycles. The molecule has 4 rings (SSSR count). The maximum absolute atomic E-state index is 13.4. The van der Waals surface area contributed by atoms with E-state index in [1.54, 1.807) is 12.1 Å². The van der Waals surface area contributed by atoms with Gasteiger partial charge in [0.1, 0.15) is 0 Å². The van der Waals surface area contributed by atoms with Crippen molar-refractivity contribution in [3.63, 3.8) is 0 Å². The fourth-order valence-corrected chi connectivity index (χ4v) is 2.94. The van der Waals surface area contributed by atoms with Gasteiger partial charge in [-0.25, -0.2) is 9.97 Å². The lowest BCUT2D eigenvalue weighted by molar-refractivity contribution is -0.137. The third-order valence-electron chi connectivity index (χ3n) is 4.12. The van der Waals surface area contributed by atoms with E-state index in [9.17, 15) is 13.2 Å².